The average molecular weight is 440 g/mol. The standard InChI is InChI=1S/C30H37N3/c1-20-13-21(2)15-22(14-20)19-33-12-11-23-9-10-27(32-28(23)33)31-26-17-24(29(3,4)5)16-25(18-26)30(6,7)8/h9-18H,19H2,1-8H3,(H,31,32). The fraction of sp³-hybridized carbons (Fsp3) is 0.367. The molecule has 1 N–H and O–H groups in total. The number of aryl methyl sites for hydroxylation is 2. The zero-order valence-corrected chi connectivity index (χ0v) is 21.4. The lowest BCUT2D eigenvalue weighted by molar-refractivity contribution is 0.569. The quantitative estimate of drug-likeness (QED) is 0.349. The molecular weight excluding hydrogens is 402 g/mol. The van der Waals surface area contributed by atoms with E-state index < -0.39 is 0 Å². The van der Waals surface area contributed by atoms with Crippen molar-refractivity contribution in [2.45, 2.75) is 72.8 Å². The Morgan fingerprint density at radius 2 is 1.36 bits per heavy atom. The predicted molar refractivity (Wildman–Crippen MR) is 142 cm³/mol. The van der Waals surface area contributed by atoms with Crippen LogP contribution < -0.4 is 5.32 Å². The Labute approximate surface area is 198 Å². The number of aromatic nitrogens is 2. The summed E-state index contributed by atoms with van der Waals surface area (Å²) < 4.78 is 2.24. The number of pyridine rings is 1. The summed E-state index contributed by atoms with van der Waals surface area (Å²) in [5, 5.41) is 4.75. The molecule has 0 saturated heterocycles. The van der Waals surface area contributed by atoms with Crippen molar-refractivity contribution in [2.24, 2.45) is 0 Å². The van der Waals surface area contributed by atoms with E-state index in [1.807, 2.05) is 0 Å². The summed E-state index contributed by atoms with van der Waals surface area (Å²) in [5.74, 6) is 0.869. The van der Waals surface area contributed by atoms with Crippen LogP contribution in [0.5, 0.6) is 0 Å². The van der Waals surface area contributed by atoms with Crippen LogP contribution in [0.25, 0.3) is 11.0 Å². The largest absolute Gasteiger partial charge is 0.340 e. The molecule has 0 aliphatic heterocycles. The van der Waals surface area contributed by atoms with Gasteiger partial charge in [0, 0.05) is 23.8 Å². The van der Waals surface area contributed by atoms with Crippen LogP contribution in [0.3, 0.4) is 0 Å². The third-order valence-electron chi connectivity index (χ3n) is 6.18. The summed E-state index contributed by atoms with van der Waals surface area (Å²) in [6.07, 6.45) is 2.14. The fourth-order valence-electron chi connectivity index (χ4n) is 4.33. The molecule has 172 valence electrons. The summed E-state index contributed by atoms with van der Waals surface area (Å²) in [4.78, 5) is 5.01. The van der Waals surface area contributed by atoms with E-state index in [1.165, 1.54) is 27.8 Å². The van der Waals surface area contributed by atoms with Crippen molar-refractivity contribution in [3.05, 3.63) is 88.6 Å². The Morgan fingerprint density at radius 1 is 0.758 bits per heavy atom. The highest BCUT2D eigenvalue weighted by Crippen LogP contribution is 2.33. The minimum atomic E-state index is 0.0791. The number of rotatable bonds is 4. The number of anilines is 2. The minimum absolute atomic E-state index is 0.0791. The Balaban J connectivity index is 1.69. The van der Waals surface area contributed by atoms with Gasteiger partial charge < -0.3 is 9.88 Å². The van der Waals surface area contributed by atoms with E-state index in [-0.39, 0.29) is 10.8 Å². The van der Waals surface area contributed by atoms with Crippen LogP contribution in [0.1, 0.15) is 69.4 Å². The van der Waals surface area contributed by atoms with Gasteiger partial charge in [-0.2, -0.15) is 0 Å². The van der Waals surface area contributed by atoms with Crippen LogP contribution in [0.2, 0.25) is 0 Å². The van der Waals surface area contributed by atoms with Gasteiger partial charge in [-0.1, -0.05) is 76.9 Å². The van der Waals surface area contributed by atoms with Gasteiger partial charge in [-0.25, -0.2) is 4.98 Å². The van der Waals surface area contributed by atoms with Gasteiger partial charge in [0.05, 0.1) is 0 Å². The first kappa shape index (κ1) is 23.1. The maximum Gasteiger partial charge on any atom is 0.142 e. The molecule has 2 heterocycles. The van der Waals surface area contributed by atoms with E-state index in [2.05, 4.69) is 126 Å². The van der Waals surface area contributed by atoms with Crippen LogP contribution in [-0.4, -0.2) is 9.55 Å². The Kier molecular flexibility index (Phi) is 5.86. The minimum Gasteiger partial charge on any atom is -0.340 e. The summed E-state index contributed by atoms with van der Waals surface area (Å²) >= 11 is 0. The summed E-state index contributed by atoms with van der Waals surface area (Å²) in [5.41, 5.74) is 8.81. The topological polar surface area (TPSA) is 29.9 Å². The molecule has 0 fully saturated rings. The molecule has 4 aromatic rings. The molecule has 0 aliphatic rings. The number of nitrogens with zero attached hydrogens (tertiary/aromatic N) is 2. The maximum absolute atomic E-state index is 5.01. The van der Waals surface area contributed by atoms with Gasteiger partial charge in [0.25, 0.3) is 0 Å². The third-order valence-corrected chi connectivity index (χ3v) is 6.18. The van der Waals surface area contributed by atoms with Crippen LogP contribution in [0, 0.1) is 13.8 Å². The van der Waals surface area contributed by atoms with Crippen LogP contribution in [0.15, 0.2) is 60.8 Å². The normalized spacial score (nSPS) is 12.4. The van der Waals surface area contributed by atoms with Gasteiger partial charge in [0.15, 0.2) is 0 Å². The smallest absolute Gasteiger partial charge is 0.142 e. The van der Waals surface area contributed by atoms with Crippen molar-refractivity contribution in [1.82, 2.24) is 9.55 Å². The van der Waals surface area contributed by atoms with Crippen molar-refractivity contribution >= 4 is 22.5 Å². The highest BCUT2D eigenvalue weighted by atomic mass is 15.1. The predicted octanol–water partition coefficient (Wildman–Crippen LogP) is 8.04. The first-order chi connectivity index (χ1) is 15.4. The molecule has 0 amide bonds. The molecule has 0 unspecified atom stereocenters. The molecule has 0 atom stereocenters. The summed E-state index contributed by atoms with van der Waals surface area (Å²) in [6.45, 7) is 18.7. The van der Waals surface area contributed by atoms with Gasteiger partial charge in [-0.3, -0.25) is 0 Å². The summed E-state index contributed by atoms with van der Waals surface area (Å²) in [7, 11) is 0. The van der Waals surface area contributed by atoms with Crippen molar-refractivity contribution in [2.75, 3.05) is 5.32 Å². The second-order valence-electron chi connectivity index (χ2n) is 11.5. The molecule has 3 nitrogen and oxygen atoms in total. The number of benzene rings is 2. The lowest BCUT2D eigenvalue weighted by Gasteiger charge is -2.26. The lowest BCUT2D eigenvalue weighted by Crippen LogP contribution is -2.16. The van der Waals surface area contributed by atoms with Crippen molar-refractivity contribution < 1.29 is 0 Å². The molecule has 0 aliphatic carbocycles. The number of hydrogen-bond acceptors (Lipinski definition) is 2. The van der Waals surface area contributed by atoms with E-state index in [0.29, 0.717) is 0 Å². The van der Waals surface area contributed by atoms with Gasteiger partial charge in [-0.05, 0) is 71.7 Å². The lowest BCUT2D eigenvalue weighted by atomic mass is 9.80. The van der Waals surface area contributed by atoms with Crippen LogP contribution >= 0.6 is 0 Å². The Bertz CT molecular complexity index is 1240. The molecule has 2 aromatic carbocycles. The maximum atomic E-state index is 5.01. The molecule has 2 aromatic heterocycles. The monoisotopic (exact) mass is 439 g/mol. The first-order valence-electron chi connectivity index (χ1n) is 11.8. The van der Waals surface area contributed by atoms with Gasteiger partial charge in [0.1, 0.15) is 11.5 Å². The Morgan fingerprint density at radius 3 is 1.94 bits per heavy atom. The molecule has 0 radical (unpaired) electrons. The molecule has 4 rings (SSSR count). The van der Waals surface area contributed by atoms with Crippen LogP contribution in [-0.2, 0) is 17.4 Å². The highest BCUT2D eigenvalue weighted by Gasteiger charge is 2.20. The van der Waals surface area contributed by atoms with Crippen LogP contribution in [0.4, 0.5) is 11.5 Å². The SMILES string of the molecule is Cc1cc(C)cc(Cn2ccc3ccc(Nc4cc(C(C)(C)C)cc(C(C)(C)C)c4)nc32)c1. The van der Waals surface area contributed by atoms with E-state index in [9.17, 15) is 0 Å². The van der Waals surface area contributed by atoms with Crippen molar-refractivity contribution in [3.8, 4) is 0 Å². The highest BCUT2D eigenvalue weighted by molar-refractivity contribution is 5.79. The van der Waals surface area contributed by atoms with Gasteiger partial charge in [0.2, 0.25) is 0 Å². The fourth-order valence-corrected chi connectivity index (χ4v) is 4.33. The Hall–Kier alpha value is -3.07. The summed E-state index contributed by atoms with van der Waals surface area (Å²) in [6, 6.07) is 20.0. The molecule has 3 heteroatoms. The molecule has 0 saturated carbocycles. The van der Waals surface area contributed by atoms with E-state index in [0.717, 1.165) is 29.1 Å². The first-order valence-corrected chi connectivity index (χ1v) is 11.8. The van der Waals surface area contributed by atoms with Gasteiger partial charge >= 0.3 is 0 Å². The molecular formula is C30H37N3. The van der Waals surface area contributed by atoms with E-state index >= 15 is 0 Å². The van der Waals surface area contributed by atoms with Crippen molar-refractivity contribution in [1.29, 1.82) is 0 Å². The average Bonchev–Trinajstić information content (AvgIpc) is 3.08. The number of hydrogen-bond donors (Lipinski definition) is 1. The van der Waals surface area contributed by atoms with Crippen molar-refractivity contribution in [3.63, 3.8) is 0 Å². The second-order valence-corrected chi connectivity index (χ2v) is 11.5. The van der Waals surface area contributed by atoms with E-state index in [4.69, 9.17) is 4.98 Å². The third kappa shape index (κ3) is 5.30. The van der Waals surface area contributed by atoms with Gasteiger partial charge in [-0.15, -0.1) is 0 Å². The zero-order valence-electron chi connectivity index (χ0n) is 21.4. The molecule has 0 spiro atoms. The second kappa shape index (κ2) is 8.37. The number of nitrogens with one attached hydrogen (secondary N) is 1. The molecule has 33 heavy (non-hydrogen) atoms. The number of fused-ring (bicyclic) bond motifs is 1. The molecule has 0 bridgehead atoms. The van der Waals surface area contributed by atoms with E-state index in [1.54, 1.807) is 0 Å². The zero-order chi connectivity index (χ0) is 24.0.